The lowest BCUT2D eigenvalue weighted by Crippen LogP contribution is -2.20. The first-order chi connectivity index (χ1) is 7.08. The van der Waals surface area contributed by atoms with Crippen LogP contribution in [-0.4, -0.2) is 0 Å². The van der Waals surface area contributed by atoms with Gasteiger partial charge in [-0.25, -0.2) is 0 Å². The normalized spacial score (nSPS) is 13.2. The number of halogens is 2. The molecule has 0 aliphatic heterocycles. The van der Waals surface area contributed by atoms with Crippen molar-refractivity contribution in [2.45, 2.75) is 32.7 Å². The molecular formula is C12H17Cl2N. The van der Waals surface area contributed by atoms with Crippen molar-refractivity contribution in [3.63, 3.8) is 0 Å². The molecule has 1 aromatic rings. The van der Waals surface area contributed by atoms with Gasteiger partial charge < -0.3 is 5.73 Å². The predicted molar refractivity (Wildman–Crippen MR) is 67.5 cm³/mol. The Kier molecular flexibility index (Phi) is 4.91. The maximum atomic E-state index is 6.18. The number of hydrogen-bond donors (Lipinski definition) is 1. The topological polar surface area (TPSA) is 26.0 Å². The zero-order chi connectivity index (χ0) is 11.4. The largest absolute Gasteiger partial charge is 0.324 e. The van der Waals surface area contributed by atoms with Crippen molar-refractivity contribution in [2.75, 3.05) is 0 Å². The van der Waals surface area contributed by atoms with Gasteiger partial charge in [0.1, 0.15) is 0 Å². The standard InChI is InChI=1S/C12H17Cl2N/c1-3-8(4-2)12(15)9-5-10(13)7-11(14)6-9/h5-8,12H,3-4,15H2,1-2H3. The van der Waals surface area contributed by atoms with Gasteiger partial charge in [0.25, 0.3) is 0 Å². The van der Waals surface area contributed by atoms with Gasteiger partial charge in [-0.15, -0.1) is 0 Å². The molecule has 0 fully saturated rings. The van der Waals surface area contributed by atoms with Gasteiger partial charge in [-0.3, -0.25) is 0 Å². The third-order valence-electron chi connectivity index (χ3n) is 2.83. The van der Waals surface area contributed by atoms with Crippen LogP contribution in [0.25, 0.3) is 0 Å². The summed E-state index contributed by atoms with van der Waals surface area (Å²) in [6.07, 6.45) is 2.14. The molecule has 0 spiro atoms. The quantitative estimate of drug-likeness (QED) is 0.835. The lowest BCUT2D eigenvalue weighted by Gasteiger charge is -2.21. The van der Waals surface area contributed by atoms with Crippen LogP contribution >= 0.6 is 23.2 Å². The van der Waals surface area contributed by atoms with Crippen LogP contribution in [0.2, 0.25) is 10.0 Å². The Morgan fingerprint density at radius 1 is 1.07 bits per heavy atom. The minimum Gasteiger partial charge on any atom is -0.324 e. The maximum Gasteiger partial charge on any atom is 0.0424 e. The molecule has 1 atom stereocenters. The smallest absolute Gasteiger partial charge is 0.0424 e. The van der Waals surface area contributed by atoms with E-state index in [1.807, 2.05) is 12.1 Å². The molecule has 1 unspecified atom stereocenters. The molecule has 3 heteroatoms. The molecule has 0 aliphatic rings. The molecule has 0 bridgehead atoms. The Balaban J connectivity index is 2.94. The summed E-state index contributed by atoms with van der Waals surface area (Å²) in [6, 6.07) is 5.55. The lowest BCUT2D eigenvalue weighted by atomic mass is 9.90. The summed E-state index contributed by atoms with van der Waals surface area (Å²) in [4.78, 5) is 0. The third-order valence-corrected chi connectivity index (χ3v) is 3.26. The van der Waals surface area contributed by atoms with E-state index in [1.165, 1.54) is 0 Å². The van der Waals surface area contributed by atoms with Gasteiger partial charge in [0.15, 0.2) is 0 Å². The minimum atomic E-state index is 0.0243. The van der Waals surface area contributed by atoms with Gasteiger partial charge in [-0.2, -0.15) is 0 Å². The second kappa shape index (κ2) is 5.74. The average molecular weight is 246 g/mol. The van der Waals surface area contributed by atoms with Crippen LogP contribution in [-0.2, 0) is 0 Å². The van der Waals surface area contributed by atoms with E-state index < -0.39 is 0 Å². The molecule has 2 N–H and O–H groups in total. The predicted octanol–water partition coefficient (Wildman–Crippen LogP) is 4.43. The van der Waals surface area contributed by atoms with Crippen molar-refractivity contribution in [3.8, 4) is 0 Å². The highest BCUT2D eigenvalue weighted by Crippen LogP contribution is 2.29. The molecule has 1 nitrogen and oxygen atoms in total. The molecule has 15 heavy (non-hydrogen) atoms. The highest BCUT2D eigenvalue weighted by Gasteiger charge is 2.16. The van der Waals surface area contributed by atoms with Gasteiger partial charge in [0, 0.05) is 16.1 Å². The monoisotopic (exact) mass is 245 g/mol. The average Bonchev–Trinajstić information content (AvgIpc) is 2.18. The summed E-state index contributed by atoms with van der Waals surface area (Å²) in [5.74, 6) is 0.486. The fourth-order valence-corrected chi connectivity index (χ4v) is 2.38. The van der Waals surface area contributed by atoms with Gasteiger partial charge in [-0.05, 0) is 29.7 Å². The van der Waals surface area contributed by atoms with Crippen molar-refractivity contribution >= 4 is 23.2 Å². The van der Waals surface area contributed by atoms with Crippen molar-refractivity contribution in [1.29, 1.82) is 0 Å². The van der Waals surface area contributed by atoms with Crippen LogP contribution in [0.3, 0.4) is 0 Å². The summed E-state index contributed by atoms with van der Waals surface area (Å²) in [7, 11) is 0. The van der Waals surface area contributed by atoms with Crippen LogP contribution in [0.15, 0.2) is 18.2 Å². The highest BCUT2D eigenvalue weighted by atomic mass is 35.5. The zero-order valence-electron chi connectivity index (χ0n) is 9.13. The zero-order valence-corrected chi connectivity index (χ0v) is 10.6. The number of rotatable bonds is 4. The summed E-state index contributed by atoms with van der Waals surface area (Å²) in [5, 5.41) is 1.30. The lowest BCUT2D eigenvalue weighted by molar-refractivity contribution is 0.405. The van der Waals surface area contributed by atoms with Gasteiger partial charge in [0.05, 0.1) is 0 Å². The van der Waals surface area contributed by atoms with E-state index in [0.717, 1.165) is 18.4 Å². The van der Waals surface area contributed by atoms with E-state index in [2.05, 4.69) is 13.8 Å². The Morgan fingerprint density at radius 3 is 1.93 bits per heavy atom. The summed E-state index contributed by atoms with van der Waals surface area (Å²) in [5.41, 5.74) is 7.21. The molecule has 0 saturated heterocycles. The summed E-state index contributed by atoms with van der Waals surface area (Å²) >= 11 is 11.9. The van der Waals surface area contributed by atoms with Crippen molar-refractivity contribution in [3.05, 3.63) is 33.8 Å². The fraction of sp³-hybridized carbons (Fsp3) is 0.500. The Bertz CT molecular complexity index is 301. The van der Waals surface area contributed by atoms with Crippen LogP contribution in [0, 0.1) is 5.92 Å². The van der Waals surface area contributed by atoms with Crippen molar-refractivity contribution in [1.82, 2.24) is 0 Å². The van der Waals surface area contributed by atoms with E-state index in [1.54, 1.807) is 6.07 Å². The molecule has 0 aromatic heterocycles. The first-order valence-corrected chi connectivity index (χ1v) is 6.05. The molecule has 0 amide bonds. The number of nitrogens with two attached hydrogens (primary N) is 1. The van der Waals surface area contributed by atoms with Crippen molar-refractivity contribution < 1.29 is 0 Å². The van der Waals surface area contributed by atoms with Gasteiger partial charge >= 0.3 is 0 Å². The van der Waals surface area contributed by atoms with E-state index in [-0.39, 0.29) is 6.04 Å². The molecule has 1 aromatic carbocycles. The first kappa shape index (κ1) is 12.8. The van der Waals surface area contributed by atoms with E-state index >= 15 is 0 Å². The molecule has 0 saturated carbocycles. The molecule has 84 valence electrons. The Labute approximate surface area is 102 Å². The second-order valence-electron chi connectivity index (χ2n) is 3.81. The van der Waals surface area contributed by atoms with Gasteiger partial charge in [-0.1, -0.05) is 49.9 Å². The molecule has 1 rings (SSSR count). The molecule has 0 heterocycles. The number of hydrogen-bond acceptors (Lipinski definition) is 1. The number of benzene rings is 1. The summed E-state index contributed by atoms with van der Waals surface area (Å²) < 4.78 is 0. The first-order valence-electron chi connectivity index (χ1n) is 5.30. The Morgan fingerprint density at radius 2 is 1.53 bits per heavy atom. The van der Waals surface area contributed by atoms with Crippen LogP contribution < -0.4 is 5.73 Å². The molecule has 0 radical (unpaired) electrons. The molecular weight excluding hydrogens is 229 g/mol. The second-order valence-corrected chi connectivity index (χ2v) is 4.68. The minimum absolute atomic E-state index is 0.0243. The van der Waals surface area contributed by atoms with E-state index in [9.17, 15) is 0 Å². The van der Waals surface area contributed by atoms with Gasteiger partial charge in [0.2, 0.25) is 0 Å². The summed E-state index contributed by atoms with van der Waals surface area (Å²) in [6.45, 7) is 4.31. The van der Waals surface area contributed by atoms with Crippen LogP contribution in [0.4, 0.5) is 0 Å². The van der Waals surface area contributed by atoms with Crippen LogP contribution in [0.1, 0.15) is 38.3 Å². The highest BCUT2D eigenvalue weighted by molar-refractivity contribution is 6.34. The van der Waals surface area contributed by atoms with E-state index in [0.29, 0.717) is 16.0 Å². The third kappa shape index (κ3) is 3.37. The molecule has 0 aliphatic carbocycles. The SMILES string of the molecule is CCC(CC)C(N)c1cc(Cl)cc(Cl)c1. The van der Waals surface area contributed by atoms with Crippen LogP contribution in [0.5, 0.6) is 0 Å². The Hall–Kier alpha value is -0.240. The maximum absolute atomic E-state index is 6.18. The van der Waals surface area contributed by atoms with E-state index in [4.69, 9.17) is 28.9 Å². The fourth-order valence-electron chi connectivity index (χ4n) is 1.84. The van der Waals surface area contributed by atoms with Crippen molar-refractivity contribution in [2.24, 2.45) is 11.7 Å².